The molecule has 0 unspecified atom stereocenters. The van der Waals surface area contributed by atoms with E-state index in [0.717, 1.165) is 11.1 Å². The number of anilines is 1. The molecular formula is C26H23FN2O7. The highest BCUT2D eigenvalue weighted by molar-refractivity contribution is 5.79. The fourth-order valence-corrected chi connectivity index (χ4v) is 5.48. The lowest BCUT2D eigenvalue weighted by Gasteiger charge is -2.39. The molecule has 2 aliphatic heterocycles. The molecule has 0 saturated carbocycles. The summed E-state index contributed by atoms with van der Waals surface area (Å²) in [7, 11) is 2.89. The van der Waals surface area contributed by atoms with Crippen molar-refractivity contribution in [3.8, 4) is 28.7 Å². The number of phenolic OH excluding ortho intramolecular Hbond substituents is 1. The van der Waals surface area contributed by atoms with Gasteiger partial charge in [0.25, 0.3) is 0 Å². The number of methoxy groups -OCH3 is 2. The summed E-state index contributed by atoms with van der Waals surface area (Å²) in [5, 5.41) is 13.7. The molecule has 0 bridgehead atoms. The van der Waals surface area contributed by atoms with Crippen LogP contribution in [-0.2, 0) is 9.53 Å². The van der Waals surface area contributed by atoms with E-state index in [4.69, 9.17) is 23.7 Å². The first-order valence-corrected chi connectivity index (χ1v) is 11.4. The number of ether oxygens (including phenoxy) is 5. The van der Waals surface area contributed by atoms with Crippen LogP contribution in [0.3, 0.4) is 0 Å². The summed E-state index contributed by atoms with van der Waals surface area (Å²) in [5.41, 5.74) is 2.28. The molecular weight excluding hydrogens is 471 g/mol. The molecule has 3 heterocycles. The lowest BCUT2D eigenvalue weighted by atomic mass is 9.65. The number of phenols is 1. The molecule has 0 amide bonds. The molecule has 10 heteroatoms. The predicted octanol–water partition coefficient (Wildman–Crippen LogP) is 3.76. The summed E-state index contributed by atoms with van der Waals surface area (Å²) in [6.45, 7) is 0.220. The Morgan fingerprint density at radius 1 is 1.06 bits per heavy atom. The van der Waals surface area contributed by atoms with Crippen molar-refractivity contribution in [2.75, 3.05) is 32.9 Å². The highest BCUT2D eigenvalue weighted by atomic mass is 19.1. The molecule has 2 N–H and O–H groups in total. The molecule has 3 aliphatic rings. The first-order chi connectivity index (χ1) is 17.5. The van der Waals surface area contributed by atoms with Gasteiger partial charge in [-0.05, 0) is 53.1 Å². The van der Waals surface area contributed by atoms with Gasteiger partial charge < -0.3 is 34.1 Å². The van der Waals surface area contributed by atoms with Crippen LogP contribution in [0.25, 0.3) is 0 Å². The molecule has 1 aliphatic carbocycles. The SMILES string of the molecule is COc1cc([C@@H]2c3cc4c(cc3[C@@H](Nc3ncccc3F)[C@H]3COC(=O)[C@H]23)OCO4)cc(OC)c1O. The van der Waals surface area contributed by atoms with Crippen molar-refractivity contribution < 1.29 is 38.0 Å². The number of rotatable bonds is 5. The van der Waals surface area contributed by atoms with Gasteiger partial charge in [-0.25, -0.2) is 9.37 Å². The number of hydrogen-bond donors (Lipinski definition) is 2. The summed E-state index contributed by atoms with van der Waals surface area (Å²) in [6.07, 6.45) is 1.50. The monoisotopic (exact) mass is 494 g/mol. The molecule has 1 aromatic heterocycles. The summed E-state index contributed by atoms with van der Waals surface area (Å²) in [6, 6.07) is 9.42. The molecule has 1 fully saturated rings. The third kappa shape index (κ3) is 3.35. The van der Waals surface area contributed by atoms with E-state index in [-0.39, 0.29) is 48.4 Å². The largest absolute Gasteiger partial charge is 0.502 e. The van der Waals surface area contributed by atoms with Crippen LogP contribution in [-0.4, -0.2) is 43.7 Å². The minimum atomic E-state index is -0.610. The molecule has 9 nitrogen and oxygen atoms in total. The summed E-state index contributed by atoms with van der Waals surface area (Å²) in [5.74, 6) is -0.834. The minimum Gasteiger partial charge on any atom is -0.502 e. The Bertz CT molecular complexity index is 1340. The molecule has 0 radical (unpaired) electrons. The van der Waals surface area contributed by atoms with Crippen LogP contribution < -0.4 is 24.3 Å². The van der Waals surface area contributed by atoms with Crippen molar-refractivity contribution in [3.05, 3.63) is 65.1 Å². The van der Waals surface area contributed by atoms with Gasteiger partial charge in [-0.1, -0.05) is 0 Å². The van der Waals surface area contributed by atoms with E-state index >= 15 is 0 Å². The first-order valence-electron chi connectivity index (χ1n) is 11.4. The lowest BCUT2D eigenvalue weighted by Crippen LogP contribution is -2.38. The number of aromatic hydroxyl groups is 1. The van der Waals surface area contributed by atoms with Crippen LogP contribution in [0.4, 0.5) is 10.2 Å². The Kier molecular flexibility index (Phi) is 5.24. The second kappa shape index (κ2) is 8.47. The second-order valence-electron chi connectivity index (χ2n) is 8.86. The number of halogens is 1. The van der Waals surface area contributed by atoms with E-state index in [1.54, 1.807) is 12.1 Å². The average Bonchev–Trinajstić information content (AvgIpc) is 3.50. The average molecular weight is 494 g/mol. The Hall–Kier alpha value is -4.21. The molecule has 6 rings (SSSR count). The standard InChI is InChI=1S/C26H23FN2O7/c1-32-19-6-12(7-20(33-2)24(19)30)21-13-8-17-18(36-11-35-17)9-14(13)23(15-10-34-26(31)22(15)21)29-25-16(27)4-3-5-28-25/h3-9,15,21-23,30H,10-11H2,1-2H3,(H,28,29)/t15-,21+,22-,23+/m0/s1. The van der Waals surface area contributed by atoms with Gasteiger partial charge in [0.2, 0.25) is 12.5 Å². The van der Waals surface area contributed by atoms with E-state index in [1.807, 2.05) is 12.1 Å². The van der Waals surface area contributed by atoms with E-state index in [2.05, 4.69) is 10.3 Å². The van der Waals surface area contributed by atoms with Crippen molar-refractivity contribution in [3.63, 3.8) is 0 Å². The first kappa shape index (κ1) is 22.3. The van der Waals surface area contributed by atoms with E-state index in [1.165, 1.54) is 32.5 Å². The normalized spacial score (nSPS) is 23.5. The Labute approximate surface area is 205 Å². The third-order valence-electron chi connectivity index (χ3n) is 7.10. The van der Waals surface area contributed by atoms with Crippen molar-refractivity contribution in [2.24, 2.45) is 11.8 Å². The molecule has 1 saturated heterocycles. The number of carbonyl (C=O) groups is 1. The highest BCUT2D eigenvalue weighted by Gasteiger charge is 2.53. The molecule has 2 aromatic carbocycles. The highest BCUT2D eigenvalue weighted by Crippen LogP contribution is 2.56. The topological polar surface area (TPSA) is 108 Å². The second-order valence-corrected chi connectivity index (χ2v) is 8.86. The van der Waals surface area contributed by atoms with Gasteiger partial charge >= 0.3 is 5.97 Å². The van der Waals surface area contributed by atoms with E-state index in [9.17, 15) is 14.3 Å². The van der Waals surface area contributed by atoms with E-state index in [0.29, 0.717) is 17.1 Å². The van der Waals surface area contributed by atoms with Crippen LogP contribution in [0.1, 0.15) is 28.7 Å². The zero-order valence-corrected chi connectivity index (χ0v) is 19.5. The van der Waals surface area contributed by atoms with Gasteiger partial charge in [-0.15, -0.1) is 0 Å². The van der Waals surface area contributed by atoms with Crippen LogP contribution in [0, 0.1) is 17.7 Å². The van der Waals surface area contributed by atoms with Crippen molar-refractivity contribution >= 4 is 11.8 Å². The third-order valence-corrected chi connectivity index (χ3v) is 7.10. The number of pyridine rings is 1. The van der Waals surface area contributed by atoms with Crippen LogP contribution >= 0.6 is 0 Å². The molecule has 3 aromatic rings. The van der Waals surface area contributed by atoms with Crippen molar-refractivity contribution in [2.45, 2.75) is 12.0 Å². The maximum Gasteiger partial charge on any atom is 0.310 e. The van der Waals surface area contributed by atoms with Gasteiger partial charge in [0.15, 0.2) is 34.6 Å². The number of aromatic nitrogens is 1. The van der Waals surface area contributed by atoms with E-state index < -0.39 is 23.7 Å². The fraction of sp³-hybridized carbons (Fsp3) is 0.308. The number of carbonyl (C=O) groups excluding carboxylic acids is 1. The number of nitrogens with zero attached hydrogens (tertiary/aromatic N) is 1. The number of nitrogens with one attached hydrogen (secondary N) is 1. The summed E-state index contributed by atoms with van der Waals surface area (Å²) >= 11 is 0. The minimum absolute atomic E-state index is 0.0750. The fourth-order valence-electron chi connectivity index (χ4n) is 5.48. The molecule has 4 atom stereocenters. The number of hydrogen-bond acceptors (Lipinski definition) is 9. The number of benzene rings is 2. The number of esters is 1. The predicted molar refractivity (Wildman–Crippen MR) is 124 cm³/mol. The smallest absolute Gasteiger partial charge is 0.310 e. The lowest BCUT2D eigenvalue weighted by molar-refractivity contribution is -0.141. The van der Waals surface area contributed by atoms with Crippen molar-refractivity contribution in [1.82, 2.24) is 4.98 Å². The van der Waals surface area contributed by atoms with Crippen LogP contribution in [0.5, 0.6) is 28.7 Å². The Morgan fingerprint density at radius 2 is 1.75 bits per heavy atom. The maximum absolute atomic E-state index is 14.6. The zero-order valence-electron chi connectivity index (χ0n) is 19.5. The Balaban J connectivity index is 1.56. The molecule has 0 spiro atoms. The maximum atomic E-state index is 14.6. The van der Waals surface area contributed by atoms with Gasteiger partial charge in [-0.2, -0.15) is 0 Å². The molecule has 36 heavy (non-hydrogen) atoms. The number of cyclic esters (lactones) is 1. The zero-order chi connectivity index (χ0) is 25.0. The Morgan fingerprint density at radius 3 is 2.42 bits per heavy atom. The van der Waals surface area contributed by atoms with Gasteiger partial charge in [0.1, 0.15) is 0 Å². The van der Waals surface area contributed by atoms with Crippen LogP contribution in [0.2, 0.25) is 0 Å². The van der Waals surface area contributed by atoms with Crippen LogP contribution in [0.15, 0.2) is 42.6 Å². The van der Waals surface area contributed by atoms with Gasteiger partial charge in [-0.3, -0.25) is 4.79 Å². The number of fused-ring (bicyclic) bond motifs is 3. The van der Waals surface area contributed by atoms with Gasteiger partial charge in [0, 0.05) is 18.0 Å². The summed E-state index contributed by atoms with van der Waals surface area (Å²) < 4.78 is 42.2. The summed E-state index contributed by atoms with van der Waals surface area (Å²) in [4.78, 5) is 17.3. The quantitative estimate of drug-likeness (QED) is 0.513. The van der Waals surface area contributed by atoms with Crippen molar-refractivity contribution in [1.29, 1.82) is 0 Å². The molecule has 186 valence electrons. The van der Waals surface area contributed by atoms with Gasteiger partial charge in [0.05, 0.1) is 32.8 Å².